The summed E-state index contributed by atoms with van der Waals surface area (Å²) in [6.45, 7) is 8.41. The monoisotopic (exact) mass is 335 g/mol. The summed E-state index contributed by atoms with van der Waals surface area (Å²) in [7, 11) is 0. The first-order valence-corrected chi connectivity index (χ1v) is 8.83. The van der Waals surface area contributed by atoms with Crippen LogP contribution in [0.25, 0.3) is 0 Å². The van der Waals surface area contributed by atoms with Crippen LogP contribution in [-0.4, -0.2) is 29.6 Å². The van der Waals surface area contributed by atoms with Crippen molar-refractivity contribution in [2.75, 3.05) is 6.61 Å². The lowest BCUT2D eigenvalue weighted by Gasteiger charge is -2.16. The zero-order valence-electron chi connectivity index (χ0n) is 15.2. The van der Waals surface area contributed by atoms with Crippen molar-refractivity contribution in [3.8, 4) is 0 Å². The number of hydrogen-bond donors (Lipinski definition) is 0. The Hall–Kier alpha value is -1.91. The van der Waals surface area contributed by atoms with Gasteiger partial charge < -0.3 is 9.47 Å². The van der Waals surface area contributed by atoms with Gasteiger partial charge in [0.2, 0.25) is 0 Å². The number of carbonyl (C=O) groups is 2. The van der Waals surface area contributed by atoms with E-state index in [2.05, 4.69) is 18.8 Å². The first-order chi connectivity index (χ1) is 11.5. The molecule has 134 valence electrons. The minimum absolute atomic E-state index is 0.0965. The zero-order valence-corrected chi connectivity index (χ0v) is 15.2. The van der Waals surface area contributed by atoms with Gasteiger partial charge in [0, 0.05) is 0 Å². The highest BCUT2D eigenvalue weighted by Gasteiger charge is 2.18. The Labute approximate surface area is 144 Å². The molecular weight excluding hydrogens is 306 g/mol. The molecule has 0 amide bonds. The van der Waals surface area contributed by atoms with E-state index in [1.807, 2.05) is 13.8 Å². The second-order valence-electron chi connectivity index (χ2n) is 6.36. The standard InChI is InChI=1S/C19H29NO4/c1-5-7-10-15(9-6-2)24-19(22)17-12-8-11-16(20-17)18(21)23-13-14(3)4/h8,11-12,14-15H,5-7,9-10,13H2,1-4H3. The Bertz CT molecular complexity index is 528. The molecule has 5 heteroatoms. The SMILES string of the molecule is CCCCC(CCC)OC(=O)c1cccc(C(=O)OCC(C)C)n1. The van der Waals surface area contributed by atoms with Gasteiger partial charge in [-0.3, -0.25) is 0 Å². The fraction of sp³-hybridized carbons (Fsp3) is 0.632. The summed E-state index contributed by atoms with van der Waals surface area (Å²) in [6, 6.07) is 4.72. The number of unbranched alkanes of at least 4 members (excludes halogenated alkanes) is 1. The maximum Gasteiger partial charge on any atom is 0.357 e. The van der Waals surface area contributed by atoms with E-state index in [4.69, 9.17) is 9.47 Å². The van der Waals surface area contributed by atoms with Crippen LogP contribution in [0.5, 0.6) is 0 Å². The Balaban J connectivity index is 2.72. The third-order valence-corrected chi connectivity index (χ3v) is 3.48. The van der Waals surface area contributed by atoms with Crippen LogP contribution in [0, 0.1) is 5.92 Å². The second-order valence-corrected chi connectivity index (χ2v) is 6.36. The Morgan fingerprint density at radius 3 is 2.29 bits per heavy atom. The Morgan fingerprint density at radius 1 is 1.04 bits per heavy atom. The van der Waals surface area contributed by atoms with Gasteiger partial charge in [-0.1, -0.05) is 53.0 Å². The second kappa shape index (κ2) is 10.8. The summed E-state index contributed by atoms with van der Waals surface area (Å²) in [5, 5.41) is 0. The maximum atomic E-state index is 12.3. The van der Waals surface area contributed by atoms with Gasteiger partial charge in [-0.2, -0.15) is 0 Å². The van der Waals surface area contributed by atoms with Crippen LogP contribution in [-0.2, 0) is 9.47 Å². The van der Waals surface area contributed by atoms with Gasteiger partial charge in [-0.25, -0.2) is 14.6 Å². The fourth-order valence-electron chi connectivity index (χ4n) is 2.21. The van der Waals surface area contributed by atoms with Crippen LogP contribution in [0.1, 0.15) is 80.8 Å². The smallest absolute Gasteiger partial charge is 0.357 e. The molecule has 0 aliphatic rings. The van der Waals surface area contributed by atoms with Gasteiger partial charge in [0.1, 0.15) is 17.5 Å². The van der Waals surface area contributed by atoms with Crippen molar-refractivity contribution in [1.82, 2.24) is 4.98 Å². The molecule has 0 N–H and O–H groups in total. The van der Waals surface area contributed by atoms with Crippen molar-refractivity contribution in [3.05, 3.63) is 29.6 Å². The lowest BCUT2D eigenvalue weighted by molar-refractivity contribution is 0.0247. The van der Waals surface area contributed by atoms with Crippen molar-refractivity contribution in [1.29, 1.82) is 0 Å². The largest absolute Gasteiger partial charge is 0.461 e. The van der Waals surface area contributed by atoms with Crippen molar-refractivity contribution in [3.63, 3.8) is 0 Å². The van der Waals surface area contributed by atoms with Crippen molar-refractivity contribution in [2.24, 2.45) is 5.92 Å². The molecule has 0 aliphatic carbocycles. The molecule has 0 bridgehead atoms. The van der Waals surface area contributed by atoms with Gasteiger partial charge in [-0.15, -0.1) is 0 Å². The molecule has 5 nitrogen and oxygen atoms in total. The van der Waals surface area contributed by atoms with Crippen LogP contribution >= 0.6 is 0 Å². The van der Waals surface area contributed by atoms with Crippen LogP contribution in [0.15, 0.2) is 18.2 Å². The summed E-state index contributed by atoms with van der Waals surface area (Å²) < 4.78 is 10.7. The van der Waals surface area contributed by atoms with Gasteiger partial charge in [0.15, 0.2) is 0 Å². The van der Waals surface area contributed by atoms with Crippen molar-refractivity contribution in [2.45, 2.75) is 65.9 Å². The summed E-state index contributed by atoms with van der Waals surface area (Å²) in [6.07, 6.45) is 4.63. The molecule has 0 aliphatic heterocycles. The number of nitrogens with zero attached hydrogens (tertiary/aromatic N) is 1. The molecular formula is C19H29NO4. The van der Waals surface area contributed by atoms with E-state index in [1.54, 1.807) is 18.2 Å². The normalized spacial score (nSPS) is 12.0. The number of esters is 2. The topological polar surface area (TPSA) is 65.5 Å². The average Bonchev–Trinajstić information content (AvgIpc) is 2.57. The van der Waals surface area contributed by atoms with Gasteiger partial charge >= 0.3 is 11.9 Å². The average molecular weight is 335 g/mol. The molecule has 1 atom stereocenters. The minimum atomic E-state index is -0.519. The lowest BCUT2D eigenvalue weighted by Crippen LogP contribution is -2.20. The molecule has 1 rings (SSSR count). The van der Waals surface area contributed by atoms with Crippen LogP contribution in [0.2, 0.25) is 0 Å². The molecule has 0 radical (unpaired) electrons. The highest BCUT2D eigenvalue weighted by Crippen LogP contribution is 2.14. The van der Waals surface area contributed by atoms with Gasteiger partial charge in [0.05, 0.1) is 6.61 Å². The van der Waals surface area contributed by atoms with E-state index in [-0.39, 0.29) is 23.4 Å². The van der Waals surface area contributed by atoms with Crippen molar-refractivity contribution < 1.29 is 19.1 Å². The summed E-state index contributed by atoms with van der Waals surface area (Å²) in [5.41, 5.74) is 0.275. The molecule has 0 spiro atoms. The molecule has 1 unspecified atom stereocenters. The quantitative estimate of drug-likeness (QED) is 0.593. The van der Waals surface area contributed by atoms with E-state index in [0.717, 1.165) is 32.1 Å². The molecule has 1 aromatic rings. The number of rotatable bonds is 10. The van der Waals surface area contributed by atoms with E-state index >= 15 is 0 Å². The third-order valence-electron chi connectivity index (χ3n) is 3.48. The molecule has 0 saturated heterocycles. The Morgan fingerprint density at radius 2 is 1.71 bits per heavy atom. The first-order valence-electron chi connectivity index (χ1n) is 8.83. The van der Waals surface area contributed by atoms with E-state index < -0.39 is 11.9 Å². The van der Waals surface area contributed by atoms with E-state index in [9.17, 15) is 9.59 Å². The molecule has 1 heterocycles. The molecule has 0 aromatic carbocycles. The van der Waals surface area contributed by atoms with Crippen LogP contribution in [0.4, 0.5) is 0 Å². The highest BCUT2D eigenvalue weighted by atomic mass is 16.5. The number of hydrogen-bond acceptors (Lipinski definition) is 5. The zero-order chi connectivity index (χ0) is 17.9. The summed E-state index contributed by atoms with van der Waals surface area (Å²) >= 11 is 0. The van der Waals surface area contributed by atoms with Crippen LogP contribution < -0.4 is 0 Å². The maximum absolute atomic E-state index is 12.3. The number of aromatic nitrogens is 1. The fourth-order valence-corrected chi connectivity index (χ4v) is 2.21. The lowest BCUT2D eigenvalue weighted by atomic mass is 10.1. The predicted molar refractivity (Wildman–Crippen MR) is 93.0 cm³/mol. The molecule has 24 heavy (non-hydrogen) atoms. The molecule has 0 saturated carbocycles. The first kappa shape index (κ1) is 20.1. The summed E-state index contributed by atoms with van der Waals surface area (Å²) in [4.78, 5) is 28.3. The number of pyridine rings is 1. The minimum Gasteiger partial charge on any atom is -0.461 e. The number of carbonyl (C=O) groups excluding carboxylic acids is 2. The predicted octanol–water partition coefficient (Wildman–Crippen LogP) is 4.41. The Kier molecular flexibility index (Phi) is 9.05. The van der Waals surface area contributed by atoms with Crippen molar-refractivity contribution >= 4 is 11.9 Å². The third kappa shape index (κ3) is 7.11. The van der Waals surface area contributed by atoms with Gasteiger partial charge in [0.25, 0.3) is 0 Å². The molecule has 0 fully saturated rings. The van der Waals surface area contributed by atoms with Crippen LogP contribution in [0.3, 0.4) is 0 Å². The van der Waals surface area contributed by atoms with E-state index in [0.29, 0.717) is 6.61 Å². The summed E-state index contributed by atoms with van der Waals surface area (Å²) in [5.74, 6) is -0.757. The number of ether oxygens (including phenoxy) is 2. The molecule has 1 aromatic heterocycles. The van der Waals surface area contributed by atoms with Gasteiger partial charge in [-0.05, 0) is 30.9 Å². The van der Waals surface area contributed by atoms with E-state index in [1.165, 1.54) is 0 Å². The highest BCUT2D eigenvalue weighted by molar-refractivity contribution is 5.91.